The van der Waals surface area contributed by atoms with Crippen molar-refractivity contribution in [1.29, 1.82) is 0 Å². The molecule has 0 saturated carbocycles. The Hall–Kier alpha value is -1.46. The van der Waals surface area contributed by atoms with E-state index in [0.717, 1.165) is 51.1 Å². The smallest absolute Gasteiger partial charge is 0.225 e. The van der Waals surface area contributed by atoms with Crippen LogP contribution in [-0.4, -0.2) is 60.7 Å². The maximum absolute atomic E-state index is 4.33. The van der Waals surface area contributed by atoms with E-state index in [-0.39, 0.29) is 0 Å². The molecule has 0 spiro atoms. The van der Waals surface area contributed by atoms with Crippen LogP contribution in [0.25, 0.3) is 0 Å². The molecule has 1 aromatic heterocycles. The van der Waals surface area contributed by atoms with Crippen molar-refractivity contribution in [3.63, 3.8) is 0 Å². The highest BCUT2D eigenvalue weighted by Gasteiger charge is 2.18. The van der Waals surface area contributed by atoms with E-state index in [1.165, 1.54) is 25.8 Å². The molecule has 0 aromatic carbocycles. The van der Waals surface area contributed by atoms with Crippen LogP contribution in [0.4, 0.5) is 5.95 Å². The van der Waals surface area contributed by atoms with Crippen LogP contribution in [-0.2, 0) is 0 Å². The number of rotatable bonds is 6. The van der Waals surface area contributed by atoms with Crippen molar-refractivity contribution >= 4 is 5.95 Å². The lowest BCUT2D eigenvalue weighted by Crippen LogP contribution is -2.48. The zero-order valence-corrected chi connectivity index (χ0v) is 13.3. The molecule has 1 aliphatic carbocycles. The molecule has 5 nitrogen and oxygen atoms in total. The Balaban J connectivity index is 1.30. The molecule has 1 atom stereocenters. The largest absolute Gasteiger partial charge is 0.338 e. The minimum absolute atomic E-state index is 0.845. The molecule has 1 aliphatic heterocycles. The Bertz CT molecular complexity index is 453. The zero-order chi connectivity index (χ0) is 15.0. The van der Waals surface area contributed by atoms with Crippen LogP contribution < -0.4 is 10.2 Å². The number of piperazine rings is 1. The van der Waals surface area contributed by atoms with E-state index in [4.69, 9.17) is 0 Å². The standard InChI is InChI=1S/C17H27N5/c1-2-5-16(6-3-1)15-18-9-10-21-11-13-22(14-12-21)17-19-7-4-8-20-17/h1-2,4,7-8,16,18H,3,5-6,9-15H2. The number of hydrogen-bond donors (Lipinski definition) is 1. The second kappa shape index (κ2) is 8.25. The molecule has 0 radical (unpaired) electrons. The van der Waals surface area contributed by atoms with Gasteiger partial charge in [-0.1, -0.05) is 12.2 Å². The van der Waals surface area contributed by atoms with Crippen LogP contribution in [0.3, 0.4) is 0 Å². The summed E-state index contributed by atoms with van der Waals surface area (Å²) in [5.74, 6) is 1.71. The Morgan fingerprint density at radius 2 is 1.91 bits per heavy atom. The van der Waals surface area contributed by atoms with Gasteiger partial charge in [-0.3, -0.25) is 4.90 Å². The van der Waals surface area contributed by atoms with E-state index < -0.39 is 0 Å². The molecule has 1 unspecified atom stereocenters. The van der Waals surface area contributed by atoms with Crippen LogP contribution in [0.15, 0.2) is 30.6 Å². The minimum Gasteiger partial charge on any atom is -0.338 e. The maximum atomic E-state index is 4.33. The van der Waals surface area contributed by atoms with Crippen LogP contribution in [0.5, 0.6) is 0 Å². The zero-order valence-electron chi connectivity index (χ0n) is 13.3. The second-order valence-electron chi connectivity index (χ2n) is 6.23. The molecule has 1 aromatic rings. The molecule has 1 saturated heterocycles. The average molecular weight is 301 g/mol. The van der Waals surface area contributed by atoms with Crippen molar-refractivity contribution in [1.82, 2.24) is 20.2 Å². The molecule has 2 aliphatic rings. The van der Waals surface area contributed by atoms with Crippen molar-refractivity contribution in [2.45, 2.75) is 19.3 Å². The van der Waals surface area contributed by atoms with Crippen LogP contribution >= 0.6 is 0 Å². The van der Waals surface area contributed by atoms with Crippen molar-refractivity contribution in [3.8, 4) is 0 Å². The topological polar surface area (TPSA) is 44.3 Å². The maximum Gasteiger partial charge on any atom is 0.225 e. The summed E-state index contributed by atoms with van der Waals surface area (Å²) < 4.78 is 0. The summed E-state index contributed by atoms with van der Waals surface area (Å²) in [4.78, 5) is 13.5. The normalized spacial score (nSPS) is 22.9. The molecular formula is C17H27N5. The molecule has 120 valence electrons. The molecule has 5 heteroatoms. The van der Waals surface area contributed by atoms with Gasteiger partial charge in [0, 0.05) is 51.7 Å². The predicted molar refractivity (Wildman–Crippen MR) is 90.0 cm³/mol. The number of anilines is 1. The van der Waals surface area contributed by atoms with Gasteiger partial charge in [0.2, 0.25) is 5.95 Å². The highest BCUT2D eigenvalue weighted by molar-refractivity contribution is 5.29. The monoisotopic (exact) mass is 301 g/mol. The lowest BCUT2D eigenvalue weighted by Gasteiger charge is -2.34. The fourth-order valence-corrected chi connectivity index (χ4v) is 3.21. The number of allylic oxidation sites excluding steroid dienone is 2. The van der Waals surface area contributed by atoms with Gasteiger partial charge in [-0.25, -0.2) is 9.97 Å². The fraction of sp³-hybridized carbons (Fsp3) is 0.647. The van der Waals surface area contributed by atoms with Crippen molar-refractivity contribution in [2.75, 3.05) is 50.7 Å². The van der Waals surface area contributed by atoms with Crippen LogP contribution in [0.2, 0.25) is 0 Å². The predicted octanol–water partition coefficient (Wildman–Crippen LogP) is 1.54. The van der Waals surface area contributed by atoms with Crippen molar-refractivity contribution < 1.29 is 0 Å². The summed E-state index contributed by atoms with van der Waals surface area (Å²) in [5, 5.41) is 3.63. The minimum atomic E-state index is 0.845. The summed E-state index contributed by atoms with van der Waals surface area (Å²) in [6, 6.07) is 1.87. The van der Waals surface area contributed by atoms with E-state index in [0.29, 0.717) is 0 Å². The highest BCUT2D eigenvalue weighted by atomic mass is 15.3. The Kier molecular flexibility index (Phi) is 5.79. The highest BCUT2D eigenvalue weighted by Crippen LogP contribution is 2.16. The lowest BCUT2D eigenvalue weighted by molar-refractivity contribution is 0.254. The third-order valence-corrected chi connectivity index (χ3v) is 4.62. The summed E-state index contributed by atoms with van der Waals surface area (Å²) >= 11 is 0. The Morgan fingerprint density at radius 3 is 2.64 bits per heavy atom. The third-order valence-electron chi connectivity index (χ3n) is 4.62. The van der Waals surface area contributed by atoms with Crippen molar-refractivity contribution in [3.05, 3.63) is 30.6 Å². The van der Waals surface area contributed by atoms with Gasteiger partial charge in [0.25, 0.3) is 0 Å². The first-order valence-corrected chi connectivity index (χ1v) is 8.52. The number of nitrogens with one attached hydrogen (secondary N) is 1. The van der Waals surface area contributed by atoms with Crippen LogP contribution in [0, 0.1) is 5.92 Å². The number of hydrogen-bond acceptors (Lipinski definition) is 5. The van der Waals surface area contributed by atoms with Gasteiger partial charge in [-0.05, 0) is 37.8 Å². The van der Waals surface area contributed by atoms with Gasteiger partial charge in [0.15, 0.2) is 0 Å². The molecule has 2 heterocycles. The van der Waals surface area contributed by atoms with Gasteiger partial charge < -0.3 is 10.2 Å². The molecule has 1 fully saturated rings. The lowest BCUT2D eigenvalue weighted by atomic mass is 9.94. The third kappa shape index (κ3) is 4.52. The van der Waals surface area contributed by atoms with Crippen molar-refractivity contribution in [2.24, 2.45) is 5.92 Å². The van der Waals surface area contributed by atoms with Gasteiger partial charge in [0.1, 0.15) is 0 Å². The Morgan fingerprint density at radius 1 is 1.09 bits per heavy atom. The van der Waals surface area contributed by atoms with E-state index in [1.807, 2.05) is 18.5 Å². The van der Waals surface area contributed by atoms with Gasteiger partial charge in [-0.2, -0.15) is 0 Å². The first-order chi connectivity index (χ1) is 10.9. The molecule has 0 bridgehead atoms. The summed E-state index contributed by atoms with van der Waals surface area (Å²) in [6.45, 7) is 7.67. The number of aromatic nitrogens is 2. The van der Waals surface area contributed by atoms with E-state index in [2.05, 4.69) is 37.2 Å². The SMILES string of the molecule is C1=CCC(CNCCN2CCN(c3ncccn3)CC2)CC1. The quantitative estimate of drug-likeness (QED) is 0.638. The molecule has 22 heavy (non-hydrogen) atoms. The van der Waals surface area contributed by atoms with Gasteiger partial charge in [0.05, 0.1) is 0 Å². The first-order valence-electron chi connectivity index (χ1n) is 8.52. The average Bonchev–Trinajstić information content (AvgIpc) is 2.61. The van der Waals surface area contributed by atoms with Gasteiger partial charge in [-0.15, -0.1) is 0 Å². The van der Waals surface area contributed by atoms with Gasteiger partial charge >= 0.3 is 0 Å². The summed E-state index contributed by atoms with van der Waals surface area (Å²) in [5.41, 5.74) is 0. The molecule has 3 rings (SSSR count). The number of nitrogens with zero attached hydrogens (tertiary/aromatic N) is 4. The molecule has 1 N–H and O–H groups in total. The first kappa shape index (κ1) is 15.4. The fourth-order valence-electron chi connectivity index (χ4n) is 3.21. The molecule has 0 amide bonds. The van der Waals surface area contributed by atoms with E-state index >= 15 is 0 Å². The van der Waals surface area contributed by atoms with E-state index in [1.54, 1.807) is 0 Å². The summed E-state index contributed by atoms with van der Waals surface area (Å²) in [6.07, 6.45) is 12.1. The second-order valence-corrected chi connectivity index (χ2v) is 6.23. The Labute approximate surface area is 133 Å². The van der Waals surface area contributed by atoms with Crippen LogP contribution in [0.1, 0.15) is 19.3 Å². The summed E-state index contributed by atoms with van der Waals surface area (Å²) in [7, 11) is 0. The molecular weight excluding hydrogens is 274 g/mol. The van der Waals surface area contributed by atoms with E-state index in [9.17, 15) is 0 Å².